The van der Waals surface area contributed by atoms with Gasteiger partial charge in [-0.1, -0.05) is 0 Å². The molecule has 2 heterocycles. The molecule has 120 valence electrons. The molecule has 1 fully saturated rings. The molecule has 0 bridgehead atoms. The number of rotatable bonds is 3. The fourth-order valence-corrected chi connectivity index (χ4v) is 2.98. The molecular formula is C17H19N3O3. The molecule has 0 spiro atoms. The normalized spacial score (nSPS) is 20.7. The van der Waals surface area contributed by atoms with Crippen LogP contribution < -0.4 is 0 Å². The Balaban J connectivity index is 1.84. The van der Waals surface area contributed by atoms with Crippen molar-refractivity contribution in [2.75, 3.05) is 6.54 Å². The van der Waals surface area contributed by atoms with Gasteiger partial charge in [-0.2, -0.15) is 5.10 Å². The van der Waals surface area contributed by atoms with Crippen molar-refractivity contribution in [3.05, 3.63) is 47.8 Å². The van der Waals surface area contributed by atoms with Gasteiger partial charge in [0, 0.05) is 18.3 Å². The summed E-state index contributed by atoms with van der Waals surface area (Å²) in [6.07, 6.45) is 4.86. The molecule has 3 rings (SSSR count). The highest BCUT2D eigenvalue weighted by molar-refractivity contribution is 5.98. The SMILES string of the molecule is Cc1cnn(-c2ccc(C(=O)N3CCCC3(C)C(=O)O)cc2)c1. The van der Waals surface area contributed by atoms with Gasteiger partial charge in [0.2, 0.25) is 0 Å². The molecule has 2 aromatic rings. The largest absolute Gasteiger partial charge is 0.480 e. The second-order valence-electron chi connectivity index (χ2n) is 6.15. The minimum atomic E-state index is -1.12. The highest BCUT2D eigenvalue weighted by Gasteiger charge is 2.46. The number of amides is 1. The molecule has 1 aromatic heterocycles. The average molecular weight is 313 g/mol. The van der Waals surface area contributed by atoms with E-state index >= 15 is 0 Å². The summed E-state index contributed by atoms with van der Waals surface area (Å²) in [5.74, 6) is -1.19. The fourth-order valence-electron chi connectivity index (χ4n) is 2.98. The van der Waals surface area contributed by atoms with E-state index in [1.54, 1.807) is 29.9 Å². The lowest BCUT2D eigenvalue weighted by Crippen LogP contribution is -2.50. The minimum Gasteiger partial charge on any atom is -0.480 e. The molecule has 1 aliphatic rings. The number of carboxylic acid groups (broad SMARTS) is 1. The van der Waals surface area contributed by atoms with Gasteiger partial charge in [-0.05, 0) is 56.5 Å². The first-order valence-electron chi connectivity index (χ1n) is 7.59. The Morgan fingerprint density at radius 2 is 1.96 bits per heavy atom. The van der Waals surface area contributed by atoms with E-state index in [2.05, 4.69) is 5.10 Å². The predicted octanol–water partition coefficient (Wildman–Crippen LogP) is 2.26. The highest BCUT2D eigenvalue weighted by atomic mass is 16.4. The average Bonchev–Trinajstić information content (AvgIpc) is 3.14. The summed E-state index contributed by atoms with van der Waals surface area (Å²) in [7, 11) is 0. The van der Waals surface area contributed by atoms with Crippen LogP contribution in [0.1, 0.15) is 35.7 Å². The van der Waals surface area contributed by atoms with Crippen LogP contribution in [0.2, 0.25) is 0 Å². The third kappa shape index (κ3) is 2.60. The highest BCUT2D eigenvalue weighted by Crippen LogP contribution is 2.30. The first-order valence-corrected chi connectivity index (χ1v) is 7.59. The number of aromatic nitrogens is 2. The van der Waals surface area contributed by atoms with Crippen LogP contribution in [0.5, 0.6) is 0 Å². The van der Waals surface area contributed by atoms with Crippen LogP contribution in [0.15, 0.2) is 36.7 Å². The molecule has 0 saturated carbocycles. The molecule has 1 saturated heterocycles. The van der Waals surface area contributed by atoms with Gasteiger partial charge in [0.25, 0.3) is 5.91 Å². The number of carbonyl (C=O) groups is 2. The second-order valence-corrected chi connectivity index (χ2v) is 6.15. The van der Waals surface area contributed by atoms with Crippen LogP contribution in [0, 0.1) is 6.92 Å². The molecule has 1 amide bonds. The summed E-state index contributed by atoms with van der Waals surface area (Å²) in [6, 6.07) is 7.06. The topological polar surface area (TPSA) is 75.4 Å². The predicted molar refractivity (Wildman–Crippen MR) is 84.6 cm³/mol. The van der Waals surface area contributed by atoms with E-state index in [-0.39, 0.29) is 5.91 Å². The third-order valence-corrected chi connectivity index (χ3v) is 4.44. The Bertz CT molecular complexity index is 751. The summed E-state index contributed by atoms with van der Waals surface area (Å²) in [6.45, 7) is 4.05. The van der Waals surface area contributed by atoms with E-state index in [1.807, 2.05) is 25.3 Å². The second kappa shape index (κ2) is 5.53. The van der Waals surface area contributed by atoms with Crippen molar-refractivity contribution in [1.82, 2.24) is 14.7 Å². The molecule has 1 N–H and O–H groups in total. The Labute approximate surface area is 134 Å². The van der Waals surface area contributed by atoms with E-state index < -0.39 is 11.5 Å². The van der Waals surface area contributed by atoms with Crippen LogP contribution in [0.3, 0.4) is 0 Å². The maximum absolute atomic E-state index is 12.7. The van der Waals surface area contributed by atoms with Crippen LogP contribution in [0.25, 0.3) is 5.69 Å². The summed E-state index contributed by atoms with van der Waals surface area (Å²) in [4.78, 5) is 25.6. The van der Waals surface area contributed by atoms with Gasteiger partial charge in [-0.3, -0.25) is 4.79 Å². The zero-order valence-corrected chi connectivity index (χ0v) is 13.2. The molecule has 23 heavy (non-hydrogen) atoms. The lowest BCUT2D eigenvalue weighted by atomic mass is 9.98. The van der Waals surface area contributed by atoms with E-state index in [0.717, 1.165) is 11.3 Å². The van der Waals surface area contributed by atoms with Crippen molar-refractivity contribution in [3.63, 3.8) is 0 Å². The zero-order chi connectivity index (χ0) is 16.6. The molecule has 6 nitrogen and oxygen atoms in total. The smallest absolute Gasteiger partial charge is 0.329 e. The molecule has 1 aromatic carbocycles. The number of carboxylic acids is 1. The van der Waals surface area contributed by atoms with Gasteiger partial charge in [-0.15, -0.1) is 0 Å². The Kier molecular flexibility index (Phi) is 3.67. The van der Waals surface area contributed by atoms with Crippen LogP contribution in [0.4, 0.5) is 0 Å². The molecule has 6 heteroatoms. The summed E-state index contributed by atoms with van der Waals surface area (Å²) in [5, 5.41) is 13.7. The van der Waals surface area contributed by atoms with Crippen LogP contribution in [-0.4, -0.2) is 43.7 Å². The van der Waals surface area contributed by atoms with Crippen molar-refractivity contribution in [2.45, 2.75) is 32.2 Å². The standard InChI is InChI=1S/C17H19N3O3/c1-12-10-18-20(11-12)14-6-4-13(5-7-14)15(21)19-9-3-8-17(19,2)16(22)23/h4-7,10-11H,3,8-9H2,1-2H3,(H,22,23). The van der Waals surface area contributed by atoms with Crippen molar-refractivity contribution >= 4 is 11.9 Å². The first kappa shape index (κ1) is 15.3. The number of aliphatic carboxylic acids is 1. The number of aryl methyl sites for hydroxylation is 1. The van der Waals surface area contributed by atoms with Crippen molar-refractivity contribution in [1.29, 1.82) is 0 Å². The lowest BCUT2D eigenvalue weighted by molar-refractivity contribution is -0.147. The Morgan fingerprint density at radius 1 is 1.26 bits per heavy atom. The van der Waals surface area contributed by atoms with Gasteiger partial charge >= 0.3 is 5.97 Å². The van der Waals surface area contributed by atoms with Crippen molar-refractivity contribution < 1.29 is 14.7 Å². The summed E-state index contributed by atoms with van der Waals surface area (Å²) >= 11 is 0. The number of nitrogens with zero attached hydrogens (tertiary/aromatic N) is 3. The molecular weight excluding hydrogens is 294 g/mol. The van der Waals surface area contributed by atoms with Gasteiger partial charge in [0.1, 0.15) is 5.54 Å². The summed E-state index contributed by atoms with van der Waals surface area (Å²) in [5.41, 5.74) is 1.29. The third-order valence-electron chi connectivity index (χ3n) is 4.44. The number of carbonyl (C=O) groups excluding carboxylic acids is 1. The number of hydrogen-bond donors (Lipinski definition) is 1. The van der Waals surface area contributed by atoms with Crippen molar-refractivity contribution in [2.24, 2.45) is 0 Å². The van der Waals surface area contributed by atoms with E-state index in [4.69, 9.17) is 0 Å². The summed E-state index contributed by atoms with van der Waals surface area (Å²) < 4.78 is 1.74. The monoisotopic (exact) mass is 313 g/mol. The Morgan fingerprint density at radius 3 is 2.52 bits per heavy atom. The molecule has 0 radical (unpaired) electrons. The maximum Gasteiger partial charge on any atom is 0.329 e. The molecule has 1 atom stereocenters. The van der Waals surface area contributed by atoms with E-state index in [0.29, 0.717) is 24.9 Å². The van der Waals surface area contributed by atoms with Gasteiger partial charge in [-0.25, -0.2) is 9.48 Å². The van der Waals surface area contributed by atoms with Gasteiger partial charge in [0.05, 0.1) is 11.9 Å². The number of likely N-dealkylation sites (tertiary alicyclic amines) is 1. The van der Waals surface area contributed by atoms with Gasteiger partial charge in [0.15, 0.2) is 0 Å². The zero-order valence-electron chi connectivity index (χ0n) is 13.2. The van der Waals surface area contributed by atoms with Gasteiger partial charge < -0.3 is 10.0 Å². The lowest BCUT2D eigenvalue weighted by Gasteiger charge is -2.31. The van der Waals surface area contributed by atoms with E-state index in [9.17, 15) is 14.7 Å². The van der Waals surface area contributed by atoms with Crippen LogP contribution >= 0.6 is 0 Å². The minimum absolute atomic E-state index is 0.240. The number of benzene rings is 1. The number of hydrogen-bond acceptors (Lipinski definition) is 3. The molecule has 1 unspecified atom stereocenters. The maximum atomic E-state index is 12.7. The quantitative estimate of drug-likeness (QED) is 0.943. The Hall–Kier alpha value is -2.63. The first-order chi connectivity index (χ1) is 10.9. The van der Waals surface area contributed by atoms with E-state index in [1.165, 1.54) is 4.90 Å². The van der Waals surface area contributed by atoms with Crippen LogP contribution in [-0.2, 0) is 4.79 Å². The fraction of sp³-hybridized carbons (Fsp3) is 0.353. The molecule has 1 aliphatic heterocycles. The molecule has 0 aliphatic carbocycles. The van der Waals surface area contributed by atoms with Crippen molar-refractivity contribution in [3.8, 4) is 5.69 Å².